The van der Waals surface area contributed by atoms with E-state index in [0.717, 1.165) is 49.0 Å². The Morgan fingerprint density at radius 3 is 2.62 bits per heavy atom. The molecule has 1 N–H and O–H groups in total. The zero-order valence-electron chi connectivity index (χ0n) is 12.0. The first-order valence-corrected chi connectivity index (χ1v) is 7.01. The smallest absolute Gasteiger partial charge is 0.229 e. The first-order valence-electron chi connectivity index (χ1n) is 7.01. The number of piperidine rings is 1. The minimum absolute atomic E-state index is 0. The van der Waals surface area contributed by atoms with E-state index in [4.69, 9.17) is 9.26 Å². The number of hydrogen-bond acceptors (Lipinski definition) is 5. The molecule has 6 heteroatoms. The highest BCUT2D eigenvalue weighted by Crippen LogP contribution is 2.24. The van der Waals surface area contributed by atoms with Gasteiger partial charge in [-0.15, -0.1) is 12.4 Å². The van der Waals surface area contributed by atoms with E-state index in [-0.39, 0.29) is 12.4 Å². The number of ether oxygens (including phenoxy) is 1. The number of methoxy groups -OCH3 is 1. The molecule has 1 saturated heterocycles. The largest absolute Gasteiger partial charge is 0.497 e. The predicted octanol–water partition coefficient (Wildman–Crippen LogP) is 2.56. The van der Waals surface area contributed by atoms with Crippen LogP contribution in [0.5, 0.6) is 5.75 Å². The van der Waals surface area contributed by atoms with Crippen LogP contribution in [0.25, 0.3) is 0 Å². The van der Waals surface area contributed by atoms with Crippen molar-refractivity contribution in [1.82, 2.24) is 15.5 Å². The van der Waals surface area contributed by atoms with Crippen LogP contribution in [0.2, 0.25) is 0 Å². The average molecular weight is 310 g/mol. The Hall–Kier alpha value is -1.59. The summed E-state index contributed by atoms with van der Waals surface area (Å²) in [5.41, 5.74) is 1.16. The highest BCUT2D eigenvalue weighted by molar-refractivity contribution is 5.85. The Bertz CT molecular complexity index is 550. The van der Waals surface area contributed by atoms with Gasteiger partial charge in [0.1, 0.15) is 5.75 Å². The van der Waals surface area contributed by atoms with Crippen molar-refractivity contribution in [2.75, 3.05) is 20.2 Å². The van der Waals surface area contributed by atoms with Crippen molar-refractivity contribution in [2.45, 2.75) is 25.2 Å². The van der Waals surface area contributed by atoms with Gasteiger partial charge in [0, 0.05) is 12.3 Å². The van der Waals surface area contributed by atoms with Gasteiger partial charge >= 0.3 is 0 Å². The van der Waals surface area contributed by atoms with Crippen LogP contribution >= 0.6 is 12.4 Å². The van der Waals surface area contributed by atoms with Gasteiger partial charge in [-0.3, -0.25) is 0 Å². The van der Waals surface area contributed by atoms with Gasteiger partial charge in [0.05, 0.1) is 7.11 Å². The minimum atomic E-state index is 0. The number of benzene rings is 1. The van der Waals surface area contributed by atoms with E-state index >= 15 is 0 Å². The van der Waals surface area contributed by atoms with Crippen molar-refractivity contribution in [1.29, 1.82) is 0 Å². The highest BCUT2D eigenvalue weighted by atomic mass is 35.5. The molecule has 2 heterocycles. The number of hydrogen-bond donors (Lipinski definition) is 1. The molecular formula is C15H20ClN3O2. The molecule has 0 saturated carbocycles. The van der Waals surface area contributed by atoms with Gasteiger partial charge < -0.3 is 14.6 Å². The van der Waals surface area contributed by atoms with Gasteiger partial charge in [0.15, 0.2) is 5.82 Å². The summed E-state index contributed by atoms with van der Waals surface area (Å²) < 4.78 is 10.6. The molecule has 1 aliphatic heterocycles. The summed E-state index contributed by atoms with van der Waals surface area (Å²) in [4.78, 5) is 4.53. The Morgan fingerprint density at radius 2 is 1.95 bits per heavy atom. The molecule has 114 valence electrons. The van der Waals surface area contributed by atoms with Crippen LogP contribution in [0.3, 0.4) is 0 Å². The fraction of sp³-hybridized carbons (Fsp3) is 0.467. The maximum absolute atomic E-state index is 5.41. The molecule has 0 spiro atoms. The van der Waals surface area contributed by atoms with Crippen LogP contribution < -0.4 is 10.1 Å². The minimum Gasteiger partial charge on any atom is -0.497 e. The van der Waals surface area contributed by atoms with Crippen molar-refractivity contribution >= 4 is 12.4 Å². The summed E-state index contributed by atoms with van der Waals surface area (Å²) in [5, 5.41) is 7.43. The zero-order valence-corrected chi connectivity index (χ0v) is 12.9. The average Bonchev–Trinajstić information content (AvgIpc) is 2.97. The third-order valence-electron chi connectivity index (χ3n) is 3.69. The van der Waals surface area contributed by atoms with Crippen molar-refractivity contribution in [3.05, 3.63) is 41.5 Å². The molecule has 0 atom stereocenters. The maximum atomic E-state index is 5.41. The highest BCUT2D eigenvalue weighted by Gasteiger charge is 2.21. The lowest BCUT2D eigenvalue weighted by Crippen LogP contribution is -2.26. The van der Waals surface area contributed by atoms with E-state index in [1.165, 1.54) is 0 Å². The van der Waals surface area contributed by atoms with Crippen molar-refractivity contribution in [3.63, 3.8) is 0 Å². The molecule has 0 aliphatic carbocycles. The Kier molecular flexibility index (Phi) is 5.59. The second kappa shape index (κ2) is 7.43. The van der Waals surface area contributed by atoms with E-state index in [1.807, 2.05) is 24.3 Å². The van der Waals surface area contributed by atoms with Crippen LogP contribution in [0.1, 0.15) is 36.0 Å². The van der Waals surface area contributed by atoms with Gasteiger partial charge in [-0.05, 0) is 43.6 Å². The summed E-state index contributed by atoms with van der Waals surface area (Å²) in [5.74, 6) is 2.81. The van der Waals surface area contributed by atoms with E-state index in [0.29, 0.717) is 12.3 Å². The van der Waals surface area contributed by atoms with E-state index < -0.39 is 0 Å². The van der Waals surface area contributed by atoms with Crippen LogP contribution in [0.15, 0.2) is 28.8 Å². The monoisotopic (exact) mass is 309 g/mol. The molecule has 2 aromatic rings. The normalized spacial score (nSPS) is 15.5. The Balaban J connectivity index is 0.00000161. The van der Waals surface area contributed by atoms with Gasteiger partial charge in [-0.1, -0.05) is 17.3 Å². The first-order chi connectivity index (χ1) is 9.85. The zero-order chi connectivity index (χ0) is 13.8. The summed E-state index contributed by atoms with van der Waals surface area (Å²) in [6.45, 7) is 2.06. The lowest BCUT2D eigenvalue weighted by Gasteiger charge is -2.18. The molecule has 0 unspecified atom stereocenters. The topological polar surface area (TPSA) is 60.2 Å². The quantitative estimate of drug-likeness (QED) is 0.940. The lowest BCUT2D eigenvalue weighted by molar-refractivity contribution is 0.318. The SMILES string of the molecule is COc1ccc(Cc2noc(C3CCNCC3)n2)cc1.Cl. The second-order valence-electron chi connectivity index (χ2n) is 5.10. The number of nitrogens with one attached hydrogen (secondary N) is 1. The molecular weight excluding hydrogens is 290 g/mol. The fourth-order valence-electron chi connectivity index (χ4n) is 2.50. The molecule has 1 aromatic carbocycles. The Morgan fingerprint density at radius 1 is 1.24 bits per heavy atom. The third-order valence-corrected chi connectivity index (χ3v) is 3.69. The van der Waals surface area contributed by atoms with E-state index in [9.17, 15) is 0 Å². The predicted molar refractivity (Wildman–Crippen MR) is 82.2 cm³/mol. The van der Waals surface area contributed by atoms with Gasteiger partial charge in [0.25, 0.3) is 0 Å². The molecule has 5 nitrogen and oxygen atoms in total. The van der Waals surface area contributed by atoms with Crippen LogP contribution in [-0.2, 0) is 6.42 Å². The first kappa shape index (κ1) is 15.8. The molecule has 3 rings (SSSR count). The third kappa shape index (κ3) is 3.95. The van der Waals surface area contributed by atoms with E-state index in [1.54, 1.807) is 7.11 Å². The van der Waals surface area contributed by atoms with Crippen LogP contribution in [-0.4, -0.2) is 30.3 Å². The van der Waals surface area contributed by atoms with Crippen LogP contribution in [0.4, 0.5) is 0 Å². The molecule has 0 bridgehead atoms. The molecule has 1 fully saturated rings. The number of halogens is 1. The number of nitrogens with zero attached hydrogens (tertiary/aromatic N) is 2. The van der Waals surface area contributed by atoms with Crippen molar-refractivity contribution < 1.29 is 9.26 Å². The Labute approximate surface area is 130 Å². The molecule has 1 aromatic heterocycles. The van der Waals surface area contributed by atoms with Gasteiger partial charge in [-0.25, -0.2) is 0 Å². The summed E-state index contributed by atoms with van der Waals surface area (Å²) in [6.07, 6.45) is 2.84. The second-order valence-corrected chi connectivity index (χ2v) is 5.10. The summed E-state index contributed by atoms with van der Waals surface area (Å²) in [7, 11) is 1.67. The number of rotatable bonds is 4. The molecule has 0 amide bonds. The lowest BCUT2D eigenvalue weighted by atomic mass is 9.98. The van der Waals surface area contributed by atoms with Gasteiger partial charge in [-0.2, -0.15) is 4.98 Å². The van der Waals surface area contributed by atoms with Crippen molar-refractivity contribution in [2.24, 2.45) is 0 Å². The fourth-order valence-corrected chi connectivity index (χ4v) is 2.50. The molecule has 21 heavy (non-hydrogen) atoms. The number of aromatic nitrogens is 2. The molecule has 0 radical (unpaired) electrons. The van der Waals surface area contributed by atoms with Crippen LogP contribution in [0, 0.1) is 0 Å². The summed E-state index contributed by atoms with van der Waals surface area (Å²) >= 11 is 0. The molecule has 1 aliphatic rings. The van der Waals surface area contributed by atoms with Crippen molar-refractivity contribution in [3.8, 4) is 5.75 Å². The van der Waals surface area contributed by atoms with Gasteiger partial charge in [0.2, 0.25) is 5.89 Å². The standard InChI is InChI=1S/C15H19N3O2.ClH/c1-19-13-4-2-11(3-5-13)10-14-17-15(20-18-14)12-6-8-16-9-7-12;/h2-5,12,16H,6-10H2,1H3;1H. The van der Waals surface area contributed by atoms with E-state index in [2.05, 4.69) is 15.5 Å². The maximum Gasteiger partial charge on any atom is 0.229 e. The summed E-state index contributed by atoms with van der Waals surface area (Å²) in [6, 6.07) is 7.95.